The lowest BCUT2D eigenvalue weighted by Gasteiger charge is -2.34. The maximum Gasteiger partial charge on any atom is 0.154 e. The first-order valence-corrected chi connectivity index (χ1v) is 7.58. The van der Waals surface area contributed by atoms with Gasteiger partial charge in [0.15, 0.2) is 9.84 Å². The van der Waals surface area contributed by atoms with Gasteiger partial charge in [0, 0.05) is 19.6 Å². The first kappa shape index (κ1) is 12.9. The monoisotopic (exact) mass is 268 g/mol. The number of nitrogens with zero attached hydrogens (tertiary/aromatic N) is 4. The first-order chi connectivity index (χ1) is 8.35. The molecule has 1 aromatic heterocycles. The molecule has 0 aromatic carbocycles. The lowest BCUT2D eigenvalue weighted by Crippen LogP contribution is -2.48. The Morgan fingerprint density at radius 2 is 2.17 bits per heavy atom. The van der Waals surface area contributed by atoms with Crippen LogP contribution in [0.2, 0.25) is 0 Å². The molecule has 2 heterocycles. The third-order valence-corrected chi connectivity index (χ3v) is 5.04. The van der Waals surface area contributed by atoms with Crippen molar-refractivity contribution in [3.8, 4) is 6.07 Å². The van der Waals surface area contributed by atoms with Crippen LogP contribution >= 0.6 is 0 Å². The van der Waals surface area contributed by atoms with E-state index in [2.05, 4.69) is 11.2 Å². The fourth-order valence-corrected chi connectivity index (χ4v) is 3.98. The fourth-order valence-electron chi connectivity index (χ4n) is 2.42. The van der Waals surface area contributed by atoms with Gasteiger partial charge >= 0.3 is 0 Å². The molecule has 1 saturated heterocycles. The molecule has 1 aliphatic rings. The Morgan fingerprint density at radius 3 is 2.72 bits per heavy atom. The highest BCUT2D eigenvalue weighted by Gasteiger charge is 2.31. The van der Waals surface area contributed by atoms with Gasteiger partial charge in [0.1, 0.15) is 17.5 Å². The van der Waals surface area contributed by atoms with Crippen LogP contribution in [-0.4, -0.2) is 42.3 Å². The molecular formula is C11H16N4O2S. The van der Waals surface area contributed by atoms with Gasteiger partial charge in [-0.3, -0.25) is 4.68 Å². The van der Waals surface area contributed by atoms with Gasteiger partial charge in [0.25, 0.3) is 0 Å². The molecular weight excluding hydrogens is 252 g/mol. The van der Waals surface area contributed by atoms with E-state index in [1.807, 2.05) is 11.8 Å². The van der Waals surface area contributed by atoms with Crippen molar-refractivity contribution < 1.29 is 8.42 Å². The molecule has 2 rings (SSSR count). The minimum atomic E-state index is -2.95. The van der Waals surface area contributed by atoms with Crippen LogP contribution in [0.4, 0.5) is 5.82 Å². The summed E-state index contributed by atoms with van der Waals surface area (Å²) in [6.45, 7) is 4.06. The Morgan fingerprint density at radius 1 is 1.50 bits per heavy atom. The van der Waals surface area contributed by atoms with Crippen LogP contribution in [0.3, 0.4) is 0 Å². The van der Waals surface area contributed by atoms with Crippen molar-refractivity contribution in [1.29, 1.82) is 5.26 Å². The molecule has 6 nitrogen and oxygen atoms in total. The summed E-state index contributed by atoms with van der Waals surface area (Å²) >= 11 is 0. The van der Waals surface area contributed by atoms with Gasteiger partial charge in [-0.2, -0.15) is 10.4 Å². The average molecular weight is 268 g/mol. The van der Waals surface area contributed by atoms with E-state index in [1.165, 1.54) is 0 Å². The van der Waals surface area contributed by atoms with Gasteiger partial charge < -0.3 is 4.90 Å². The molecule has 1 aromatic rings. The van der Waals surface area contributed by atoms with Crippen molar-refractivity contribution in [3.05, 3.63) is 11.3 Å². The number of sulfone groups is 1. The summed E-state index contributed by atoms with van der Waals surface area (Å²) < 4.78 is 24.8. The molecule has 1 unspecified atom stereocenters. The van der Waals surface area contributed by atoms with E-state index in [1.54, 1.807) is 18.7 Å². The van der Waals surface area contributed by atoms with E-state index in [0.717, 1.165) is 5.82 Å². The third-order valence-electron chi connectivity index (χ3n) is 3.25. The number of aromatic nitrogens is 2. The molecule has 0 spiro atoms. The highest BCUT2D eigenvalue weighted by Crippen LogP contribution is 2.26. The average Bonchev–Trinajstić information content (AvgIpc) is 2.52. The second kappa shape index (κ2) is 4.28. The molecule has 0 saturated carbocycles. The standard InChI is InChI=1S/C11H16N4O2S/c1-8-7-18(16,17)5-4-15(8)11-10(6-12)9(2)13-14(11)3/h8H,4-5,7H2,1-3H3. The van der Waals surface area contributed by atoms with Crippen LogP contribution in [0, 0.1) is 18.3 Å². The van der Waals surface area contributed by atoms with Crippen molar-refractivity contribution in [1.82, 2.24) is 9.78 Å². The number of anilines is 1. The van der Waals surface area contributed by atoms with Crippen LogP contribution in [0.5, 0.6) is 0 Å². The van der Waals surface area contributed by atoms with E-state index in [0.29, 0.717) is 17.8 Å². The van der Waals surface area contributed by atoms with Crippen molar-refractivity contribution >= 4 is 15.7 Å². The molecule has 0 bridgehead atoms. The maximum absolute atomic E-state index is 11.6. The number of hydrogen-bond acceptors (Lipinski definition) is 5. The molecule has 1 atom stereocenters. The Bertz CT molecular complexity index is 612. The summed E-state index contributed by atoms with van der Waals surface area (Å²) in [7, 11) is -1.18. The Hall–Kier alpha value is -1.55. The Balaban J connectivity index is 2.42. The zero-order valence-electron chi connectivity index (χ0n) is 10.7. The van der Waals surface area contributed by atoms with E-state index in [4.69, 9.17) is 0 Å². The zero-order chi connectivity index (χ0) is 13.5. The summed E-state index contributed by atoms with van der Waals surface area (Å²) in [5, 5.41) is 13.4. The van der Waals surface area contributed by atoms with E-state index in [9.17, 15) is 13.7 Å². The number of rotatable bonds is 1. The maximum atomic E-state index is 11.6. The quantitative estimate of drug-likeness (QED) is 0.728. The summed E-state index contributed by atoms with van der Waals surface area (Å²) in [5.41, 5.74) is 1.21. The van der Waals surface area contributed by atoms with Crippen LogP contribution in [0.15, 0.2) is 0 Å². The second-order valence-electron chi connectivity index (χ2n) is 4.68. The van der Waals surface area contributed by atoms with Gasteiger partial charge in [-0.25, -0.2) is 8.42 Å². The summed E-state index contributed by atoms with van der Waals surface area (Å²) in [5.74, 6) is 0.978. The zero-order valence-corrected chi connectivity index (χ0v) is 11.5. The van der Waals surface area contributed by atoms with Crippen LogP contribution in [-0.2, 0) is 16.9 Å². The lowest BCUT2D eigenvalue weighted by atomic mass is 10.2. The van der Waals surface area contributed by atoms with Gasteiger partial charge in [0.05, 0.1) is 17.2 Å². The molecule has 0 N–H and O–H groups in total. The Labute approximate surface area is 107 Å². The van der Waals surface area contributed by atoms with Gasteiger partial charge in [-0.15, -0.1) is 0 Å². The normalized spacial score (nSPS) is 22.8. The number of nitriles is 1. The second-order valence-corrected chi connectivity index (χ2v) is 6.90. The summed E-state index contributed by atoms with van der Waals surface area (Å²) in [6, 6.07) is 2.02. The number of hydrogen-bond donors (Lipinski definition) is 0. The molecule has 7 heteroatoms. The molecule has 0 radical (unpaired) electrons. The predicted octanol–water partition coefficient (Wildman–Crippen LogP) is 0.224. The minimum absolute atomic E-state index is 0.127. The molecule has 0 amide bonds. The topological polar surface area (TPSA) is 79.0 Å². The largest absolute Gasteiger partial charge is 0.351 e. The van der Waals surface area contributed by atoms with Crippen molar-refractivity contribution in [2.45, 2.75) is 19.9 Å². The van der Waals surface area contributed by atoms with Crippen LogP contribution in [0.1, 0.15) is 18.2 Å². The van der Waals surface area contributed by atoms with Crippen LogP contribution < -0.4 is 4.90 Å². The van der Waals surface area contributed by atoms with E-state index >= 15 is 0 Å². The predicted molar refractivity (Wildman–Crippen MR) is 68.1 cm³/mol. The SMILES string of the molecule is Cc1nn(C)c(N2CCS(=O)(=O)CC2C)c1C#N. The van der Waals surface area contributed by atoms with Crippen molar-refractivity contribution in [2.75, 3.05) is 23.0 Å². The number of aryl methyl sites for hydroxylation is 2. The van der Waals surface area contributed by atoms with E-state index in [-0.39, 0.29) is 17.5 Å². The smallest absolute Gasteiger partial charge is 0.154 e. The molecule has 98 valence electrons. The van der Waals surface area contributed by atoms with Gasteiger partial charge in [-0.05, 0) is 13.8 Å². The fraction of sp³-hybridized carbons (Fsp3) is 0.636. The minimum Gasteiger partial charge on any atom is -0.351 e. The van der Waals surface area contributed by atoms with Crippen molar-refractivity contribution in [3.63, 3.8) is 0 Å². The third kappa shape index (κ3) is 2.08. The van der Waals surface area contributed by atoms with Crippen molar-refractivity contribution in [2.24, 2.45) is 7.05 Å². The van der Waals surface area contributed by atoms with Crippen LogP contribution in [0.25, 0.3) is 0 Å². The van der Waals surface area contributed by atoms with Gasteiger partial charge in [-0.1, -0.05) is 0 Å². The lowest BCUT2D eigenvalue weighted by molar-refractivity contribution is 0.561. The molecule has 1 fully saturated rings. The first-order valence-electron chi connectivity index (χ1n) is 5.76. The summed E-state index contributed by atoms with van der Waals surface area (Å²) in [4.78, 5) is 1.96. The molecule has 1 aliphatic heterocycles. The Kier molecular flexibility index (Phi) is 3.07. The van der Waals surface area contributed by atoms with E-state index < -0.39 is 9.84 Å². The van der Waals surface area contributed by atoms with Gasteiger partial charge in [0.2, 0.25) is 0 Å². The highest BCUT2D eigenvalue weighted by molar-refractivity contribution is 7.91. The molecule has 0 aliphatic carbocycles. The molecule has 18 heavy (non-hydrogen) atoms. The highest BCUT2D eigenvalue weighted by atomic mass is 32.2. The summed E-state index contributed by atoms with van der Waals surface area (Å²) in [6.07, 6.45) is 0.